The predicted molar refractivity (Wildman–Crippen MR) is 85.2 cm³/mol. The van der Waals surface area contributed by atoms with E-state index in [1.807, 2.05) is 6.07 Å². The van der Waals surface area contributed by atoms with Crippen molar-refractivity contribution in [1.29, 1.82) is 0 Å². The van der Waals surface area contributed by atoms with E-state index in [0.29, 0.717) is 0 Å². The van der Waals surface area contributed by atoms with Crippen LogP contribution in [0, 0.1) is 0 Å². The molecule has 7 heteroatoms. The van der Waals surface area contributed by atoms with Crippen molar-refractivity contribution in [3.63, 3.8) is 0 Å². The SMILES string of the molecule is CN(Cc1cccc(C(N)=S)c1)S(=O)(=O)c1cccnc1. The summed E-state index contributed by atoms with van der Waals surface area (Å²) in [5.74, 6) is 0. The Labute approximate surface area is 129 Å². The van der Waals surface area contributed by atoms with Gasteiger partial charge in [-0.05, 0) is 23.8 Å². The van der Waals surface area contributed by atoms with Crippen molar-refractivity contribution in [1.82, 2.24) is 9.29 Å². The van der Waals surface area contributed by atoms with Gasteiger partial charge >= 0.3 is 0 Å². The fourth-order valence-electron chi connectivity index (χ4n) is 1.84. The van der Waals surface area contributed by atoms with E-state index >= 15 is 0 Å². The van der Waals surface area contributed by atoms with Gasteiger partial charge in [0, 0.05) is 31.5 Å². The maximum atomic E-state index is 12.4. The summed E-state index contributed by atoms with van der Waals surface area (Å²) in [4.78, 5) is 4.29. The van der Waals surface area contributed by atoms with Crippen molar-refractivity contribution in [2.24, 2.45) is 5.73 Å². The van der Waals surface area contributed by atoms with Gasteiger partial charge in [-0.3, -0.25) is 4.98 Å². The zero-order valence-corrected chi connectivity index (χ0v) is 13.1. The normalized spacial score (nSPS) is 11.5. The van der Waals surface area contributed by atoms with Crippen LogP contribution in [0.3, 0.4) is 0 Å². The molecule has 1 heterocycles. The van der Waals surface area contributed by atoms with Gasteiger partial charge in [0.15, 0.2) is 0 Å². The smallest absolute Gasteiger partial charge is 0.244 e. The van der Waals surface area contributed by atoms with Crippen LogP contribution >= 0.6 is 12.2 Å². The monoisotopic (exact) mass is 321 g/mol. The van der Waals surface area contributed by atoms with E-state index in [4.69, 9.17) is 18.0 Å². The molecule has 0 saturated heterocycles. The van der Waals surface area contributed by atoms with Crippen LogP contribution in [0.2, 0.25) is 0 Å². The molecule has 2 N–H and O–H groups in total. The second kappa shape index (κ2) is 6.30. The van der Waals surface area contributed by atoms with Gasteiger partial charge < -0.3 is 5.73 Å². The molecule has 0 aliphatic heterocycles. The highest BCUT2D eigenvalue weighted by atomic mass is 32.2. The summed E-state index contributed by atoms with van der Waals surface area (Å²) in [5.41, 5.74) is 7.11. The van der Waals surface area contributed by atoms with Crippen LogP contribution in [0.5, 0.6) is 0 Å². The summed E-state index contributed by atoms with van der Waals surface area (Å²) in [6, 6.07) is 10.3. The summed E-state index contributed by atoms with van der Waals surface area (Å²) in [7, 11) is -2.04. The van der Waals surface area contributed by atoms with E-state index in [9.17, 15) is 8.42 Å². The predicted octanol–water partition coefficient (Wildman–Crippen LogP) is 1.54. The van der Waals surface area contributed by atoms with Crippen LogP contribution in [0.1, 0.15) is 11.1 Å². The molecule has 0 amide bonds. The molecule has 110 valence electrons. The second-order valence-corrected chi connectivity index (χ2v) is 7.00. The molecule has 0 spiro atoms. The number of sulfonamides is 1. The zero-order chi connectivity index (χ0) is 15.5. The third kappa shape index (κ3) is 3.63. The van der Waals surface area contributed by atoms with Crippen LogP contribution in [0.4, 0.5) is 0 Å². The highest BCUT2D eigenvalue weighted by Gasteiger charge is 2.20. The topological polar surface area (TPSA) is 76.3 Å². The average molecular weight is 321 g/mol. The molecular formula is C14H15N3O2S2. The van der Waals surface area contributed by atoms with Crippen molar-refractivity contribution in [3.05, 3.63) is 59.9 Å². The van der Waals surface area contributed by atoms with E-state index in [1.54, 1.807) is 24.3 Å². The third-order valence-corrected chi connectivity index (χ3v) is 4.98. The van der Waals surface area contributed by atoms with Crippen LogP contribution in [0.25, 0.3) is 0 Å². The van der Waals surface area contributed by atoms with Gasteiger partial charge in [-0.25, -0.2) is 8.42 Å². The number of aromatic nitrogens is 1. The first-order valence-corrected chi connectivity index (χ1v) is 8.01. The number of thiocarbonyl (C=S) groups is 1. The zero-order valence-electron chi connectivity index (χ0n) is 11.4. The lowest BCUT2D eigenvalue weighted by Gasteiger charge is -2.17. The molecule has 1 aromatic heterocycles. The third-order valence-electron chi connectivity index (χ3n) is 2.96. The van der Waals surface area contributed by atoms with E-state index in [1.165, 1.54) is 29.8 Å². The lowest BCUT2D eigenvalue weighted by molar-refractivity contribution is 0.466. The Morgan fingerprint density at radius 1 is 1.33 bits per heavy atom. The molecule has 5 nitrogen and oxygen atoms in total. The van der Waals surface area contributed by atoms with Crippen molar-refractivity contribution >= 4 is 27.2 Å². The Bertz CT molecular complexity index is 746. The number of benzene rings is 1. The van der Waals surface area contributed by atoms with Gasteiger partial charge in [0.05, 0.1) is 0 Å². The molecule has 0 aliphatic rings. The number of hydrogen-bond acceptors (Lipinski definition) is 4. The van der Waals surface area contributed by atoms with Gasteiger partial charge in [-0.1, -0.05) is 30.4 Å². The first-order valence-electron chi connectivity index (χ1n) is 6.16. The lowest BCUT2D eigenvalue weighted by atomic mass is 10.1. The Kier molecular flexibility index (Phi) is 4.66. The maximum absolute atomic E-state index is 12.4. The highest BCUT2D eigenvalue weighted by Crippen LogP contribution is 2.16. The Morgan fingerprint density at radius 2 is 2.10 bits per heavy atom. The minimum atomic E-state index is -3.56. The number of nitrogens with zero attached hydrogens (tertiary/aromatic N) is 2. The second-order valence-electron chi connectivity index (χ2n) is 4.51. The first-order chi connectivity index (χ1) is 9.91. The van der Waals surface area contributed by atoms with E-state index in [-0.39, 0.29) is 16.4 Å². The van der Waals surface area contributed by atoms with Gasteiger partial charge in [-0.2, -0.15) is 4.31 Å². The summed E-state index contributed by atoms with van der Waals surface area (Å²) in [5, 5.41) is 0. The van der Waals surface area contributed by atoms with Crippen molar-refractivity contribution < 1.29 is 8.42 Å². The largest absolute Gasteiger partial charge is 0.389 e. The molecule has 1 aromatic carbocycles. The minimum absolute atomic E-state index is 0.165. The average Bonchev–Trinajstić information content (AvgIpc) is 2.48. The molecule has 0 fully saturated rings. The molecule has 0 atom stereocenters. The van der Waals surface area contributed by atoms with E-state index in [2.05, 4.69) is 4.98 Å². The fraction of sp³-hybridized carbons (Fsp3) is 0.143. The molecule has 2 rings (SSSR count). The number of nitrogens with two attached hydrogens (primary N) is 1. The number of rotatable bonds is 5. The fourth-order valence-corrected chi connectivity index (χ4v) is 3.10. The Balaban J connectivity index is 2.24. The number of pyridine rings is 1. The Hall–Kier alpha value is -1.83. The van der Waals surface area contributed by atoms with Crippen LogP contribution in [0.15, 0.2) is 53.7 Å². The maximum Gasteiger partial charge on any atom is 0.244 e. The molecule has 0 aliphatic carbocycles. The summed E-state index contributed by atoms with van der Waals surface area (Å²) < 4.78 is 26.0. The van der Waals surface area contributed by atoms with Crippen LogP contribution < -0.4 is 5.73 Å². The number of hydrogen-bond donors (Lipinski definition) is 1. The van der Waals surface area contributed by atoms with Crippen LogP contribution in [-0.4, -0.2) is 29.7 Å². The van der Waals surface area contributed by atoms with E-state index < -0.39 is 10.0 Å². The summed E-state index contributed by atoms with van der Waals surface area (Å²) in [6.07, 6.45) is 2.86. The molecular weight excluding hydrogens is 306 g/mol. The quantitative estimate of drug-likeness (QED) is 0.845. The van der Waals surface area contributed by atoms with Crippen molar-refractivity contribution in [2.75, 3.05) is 7.05 Å². The minimum Gasteiger partial charge on any atom is -0.389 e. The molecule has 0 saturated carbocycles. The first kappa shape index (κ1) is 15.6. The molecule has 21 heavy (non-hydrogen) atoms. The molecule has 0 radical (unpaired) electrons. The van der Waals surface area contributed by atoms with Gasteiger partial charge in [0.1, 0.15) is 9.88 Å². The molecule has 0 unspecified atom stereocenters. The van der Waals surface area contributed by atoms with Gasteiger partial charge in [0.2, 0.25) is 10.0 Å². The van der Waals surface area contributed by atoms with Crippen molar-refractivity contribution in [2.45, 2.75) is 11.4 Å². The van der Waals surface area contributed by atoms with Gasteiger partial charge in [-0.15, -0.1) is 0 Å². The lowest BCUT2D eigenvalue weighted by Crippen LogP contribution is -2.26. The summed E-state index contributed by atoms with van der Waals surface area (Å²) >= 11 is 4.92. The van der Waals surface area contributed by atoms with Gasteiger partial charge in [0.25, 0.3) is 0 Å². The van der Waals surface area contributed by atoms with Crippen molar-refractivity contribution in [3.8, 4) is 0 Å². The standard InChI is InChI=1S/C14H15N3O2S2/c1-17(21(18,19)13-6-3-7-16-9-13)10-11-4-2-5-12(8-11)14(15)20/h2-9H,10H2,1H3,(H2,15,20). The van der Waals surface area contributed by atoms with E-state index in [0.717, 1.165) is 11.1 Å². The molecule has 0 bridgehead atoms. The molecule has 2 aromatic rings. The highest BCUT2D eigenvalue weighted by molar-refractivity contribution is 7.89. The van der Waals surface area contributed by atoms with Crippen LogP contribution in [-0.2, 0) is 16.6 Å². The summed E-state index contributed by atoms with van der Waals surface area (Å²) in [6.45, 7) is 0.230. The Morgan fingerprint density at radius 3 is 2.71 bits per heavy atom.